The van der Waals surface area contributed by atoms with Crippen LogP contribution in [0, 0.1) is 6.92 Å². The number of hydrogen-bond acceptors (Lipinski definition) is 3. The van der Waals surface area contributed by atoms with E-state index in [1.807, 2.05) is 19.1 Å². The third kappa shape index (κ3) is 4.26. The van der Waals surface area contributed by atoms with Crippen molar-refractivity contribution in [2.24, 2.45) is 0 Å². The van der Waals surface area contributed by atoms with Gasteiger partial charge in [-0.15, -0.1) is 0 Å². The van der Waals surface area contributed by atoms with Crippen LogP contribution >= 0.6 is 11.6 Å². The molecule has 0 atom stereocenters. The Hall–Kier alpha value is -3.18. The lowest BCUT2D eigenvalue weighted by molar-refractivity contribution is 0.102. The molecule has 0 aliphatic heterocycles. The smallest absolute Gasteiger partial charge is 0.258 e. The third-order valence-corrected chi connectivity index (χ3v) is 3.93. The lowest BCUT2D eigenvalue weighted by Crippen LogP contribution is -2.18. The summed E-state index contributed by atoms with van der Waals surface area (Å²) in [4.78, 5) is 29.1. The fraction of sp³-hybridized carbons (Fsp3) is 0.0500. The lowest BCUT2D eigenvalue weighted by Gasteiger charge is -2.12. The number of aryl methyl sites for hydroxylation is 1. The van der Waals surface area contributed by atoms with Crippen LogP contribution in [0.2, 0.25) is 5.02 Å². The molecule has 0 unspecified atom stereocenters. The summed E-state index contributed by atoms with van der Waals surface area (Å²) in [5.74, 6) is -0.307. The van der Waals surface area contributed by atoms with Gasteiger partial charge in [-0.25, -0.2) is 4.98 Å². The Kier molecular flexibility index (Phi) is 5.29. The van der Waals surface area contributed by atoms with E-state index in [9.17, 15) is 9.59 Å². The van der Waals surface area contributed by atoms with Gasteiger partial charge in [-0.3, -0.25) is 9.59 Å². The Balaban J connectivity index is 1.84. The van der Waals surface area contributed by atoms with Crippen molar-refractivity contribution in [3.8, 4) is 0 Å². The number of amides is 2. The number of carbonyl (C=O) groups excluding carboxylic acids is 2. The van der Waals surface area contributed by atoms with Gasteiger partial charge in [-0.1, -0.05) is 35.4 Å². The number of hydrogen-bond donors (Lipinski definition) is 2. The first-order valence-corrected chi connectivity index (χ1v) is 8.31. The van der Waals surface area contributed by atoms with Gasteiger partial charge in [0.05, 0.1) is 11.3 Å². The Labute approximate surface area is 156 Å². The summed E-state index contributed by atoms with van der Waals surface area (Å²) < 4.78 is 0. The van der Waals surface area contributed by atoms with E-state index < -0.39 is 5.91 Å². The van der Waals surface area contributed by atoms with E-state index in [0.29, 0.717) is 22.1 Å². The molecule has 5 nitrogen and oxygen atoms in total. The van der Waals surface area contributed by atoms with Gasteiger partial charge in [0.25, 0.3) is 11.8 Å². The van der Waals surface area contributed by atoms with Gasteiger partial charge in [0.15, 0.2) is 0 Å². The van der Waals surface area contributed by atoms with Crippen LogP contribution in [0.1, 0.15) is 26.3 Å². The average Bonchev–Trinajstić information content (AvgIpc) is 2.64. The topological polar surface area (TPSA) is 71.1 Å². The molecule has 2 N–H and O–H groups in total. The molecule has 0 saturated carbocycles. The van der Waals surface area contributed by atoms with Gasteiger partial charge < -0.3 is 10.6 Å². The molecule has 0 radical (unpaired) electrons. The third-order valence-electron chi connectivity index (χ3n) is 3.69. The van der Waals surface area contributed by atoms with Gasteiger partial charge >= 0.3 is 0 Å². The predicted octanol–water partition coefficient (Wildman–Crippen LogP) is 4.55. The summed E-state index contributed by atoms with van der Waals surface area (Å²) in [6, 6.07) is 17.1. The first-order chi connectivity index (χ1) is 12.5. The summed E-state index contributed by atoms with van der Waals surface area (Å²) in [5, 5.41) is 5.84. The maximum atomic E-state index is 12.6. The van der Waals surface area contributed by atoms with Crippen LogP contribution in [0.4, 0.5) is 11.5 Å². The maximum absolute atomic E-state index is 12.6. The lowest BCUT2D eigenvalue weighted by atomic mass is 10.1. The minimum absolute atomic E-state index is 0.253. The average molecular weight is 366 g/mol. The van der Waals surface area contributed by atoms with E-state index in [1.54, 1.807) is 48.7 Å². The summed E-state index contributed by atoms with van der Waals surface area (Å²) >= 11 is 6.03. The van der Waals surface area contributed by atoms with Crippen LogP contribution in [0.3, 0.4) is 0 Å². The van der Waals surface area contributed by atoms with E-state index in [1.165, 1.54) is 6.07 Å². The van der Waals surface area contributed by atoms with Crippen molar-refractivity contribution >= 4 is 34.9 Å². The molecule has 130 valence electrons. The quantitative estimate of drug-likeness (QED) is 0.712. The molecule has 6 heteroatoms. The molecule has 1 aromatic heterocycles. The number of rotatable bonds is 4. The fourth-order valence-corrected chi connectivity index (χ4v) is 2.51. The first-order valence-electron chi connectivity index (χ1n) is 7.93. The van der Waals surface area contributed by atoms with Crippen LogP contribution in [0.5, 0.6) is 0 Å². The second kappa shape index (κ2) is 7.80. The molecule has 0 bridgehead atoms. The highest BCUT2D eigenvalue weighted by molar-refractivity contribution is 6.31. The largest absolute Gasteiger partial charge is 0.321 e. The van der Waals surface area contributed by atoms with Crippen molar-refractivity contribution < 1.29 is 9.59 Å². The van der Waals surface area contributed by atoms with Gasteiger partial charge in [-0.05, 0) is 49.4 Å². The highest BCUT2D eigenvalue weighted by atomic mass is 35.5. The number of benzene rings is 2. The minimum Gasteiger partial charge on any atom is -0.321 e. The van der Waals surface area contributed by atoms with Gasteiger partial charge in [0.2, 0.25) is 0 Å². The maximum Gasteiger partial charge on any atom is 0.258 e. The second-order valence-electron chi connectivity index (χ2n) is 5.68. The van der Waals surface area contributed by atoms with Crippen molar-refractivity contribution in [2.75, 3.05) is 10.6 Å². The fourth-order valence-electron chi connectivity index (χ4n) is 2.33. The first kappa shape index (κ1) is 17.6. The van der Waals surface area contributed by atoms with Crippen molar-refractivity contribution in [3.63, 3.8) is 0 Å². The Morgan fingerprint density at radius 3 is 2.38 bits per heavy atom. The molecule has 0 aliphatic rings. The molecule has 3 rings (SSSR count). The van der Waals surface area contributed by atoms with E-state index in [0.717, 1.165) is 5.56 Å². The molecular formula is C20H16ClN3O2. The molecule has 26 heavy (non-hydrogen) atoms. The molecule has 0 saturated heterocycles. The standard InChI is InChI=1S/C20H16ClN3O2/c1-13-5-7-14(8-6-13)19(25)23-17-10-9-15(21)12-16(17)20(26)24-18-4-2-3-11-22-18/h2-12H,1H3,(H,23,25)(H,22,24,26). The summed E-state index contributed by atoms with van der Waals surface area (Å²) in [6.45, 7) is 1.95. The summed E-state index contributed by atoms with van der Waals surface area (Å²) in [7, 11) is 0. The van der Waals surface area contributed by atoms with E-state index >= 15 is 0 Å². The van der Waals surface area contributed by atoms with Gasteiger partial charge in [0, 0.05) is 16.8 Å². The number of aromatic nitrogens is 1. The highest BCUT2D eigenvalue weighted by Gasteiger charge is 2.16. The van der Waals surface area contributed by atoms with Crippen molar-refractivity contribution in [1.29, 1.82) is 0 Å². The Morgan fingerprint density at radius 2 is 1.69 bits per heavy atom. The van der Waals surface area contributed by atoms with Crippen molar-refractivity contribution in [2.45, 2.75) is 6.92 Å². The summed E-state index contributed by atoms with van der Waals surface area (Å²) in [5.41, 5.74) is 2.18. The number of nitrogens with zero attached hydrogens (tertiary/aromatic N) is 1. The number of halogens is 1. The SMILES string of the molecule is Cc1ccc(C(=O)Nc2ccc(Cl)cc2C(=O)Nc2ccccn2)cc1. The van der Waals surface area contributed by atoms with Crippen LogP contribution < -0.4 is 10.6 Å². The Morgan fingerprint density at radius 1 is 0.923 bits per heavy atom. The molecule has 3 aromatic rings. The van der Waals surface area contributed by atoms with E-state index in [2.05, 4.69) is 15.6 Å². The molecule has 0 aliphatic carbocycles. The van der Waals surface area contributed by atoms with Gasteiger partial charge in [-0.2, -0.15) is 0 Å². The molecule has 0 spiro atoms. The number of anilines is 2. The van der Waals surface area contributed by atoms with E-state index in [-0.39, 0.29) is 11.5 Å². The highest BCUT2D eigenvalue weighted by Crippen LogP contribution is 2.22. The number of pyridine rings is 1. The molecule has 1 heterocycles. The zero-order chi connectivity index (χ0) is 18.5. The minimum atomic E-state index is -0.412. The zero-order valence-electron chi connectivity index (χ0n) is 14.0. The molecule has 2 amide bonds. The normalized spacial score (nSPS) is 10.2. The van der Waals surface area contributed by atoms with Crippen LogP contribution in [0.25, 0.3) is 0 Å². The zero-order valence-corrected chi connectivity index (χ0v) is 14.7. The Bertz CT molecular complexity index is 941. The van der Waals surface area contributed by atoms with E-state index in [4.69, 9.17) is 11.6 Å². The summed E-state index contributed by atoms with van der Waals surface area (Å²) in [6.07, 6.45) is 1.58. The second-order valence-corrected chi connectivity index (χ2v) is 6.12. The predicted molar refractivity (Wildman–Crippen MR) is 103 cm³/mol. The monoisotopic (exact) mass is 365 g/mol. The van der Waals surface area contributed by atoms with Crippen molar-refractivity contribution in [3.05, 3.63) is 88.6 Å². The van der Waals surface area contributed by atoms with Crippen LogP contribution in [-0.4, -0.2) is 16.8 Å². The van der Waals surface area contributed by atoms with Crippen LogP contribution in [0.15, 0.2) is 66.9 Å². The van der Waals surface area contributed by atoms with Crippen molar-refractivity contribution in [1.82, 2.24) is 4.98 Å². The number of carbonyl (C=O) groups is 2. The number of nitrogens with one attached hydrogen (secondary N) is 2. The molecule has 2 aromatic carbocycles. The van der Waals surface area contributed by atoms with Crippen LogP contribution in [-0.2, 0) is 0 Å². The molecule has 0 fully saturated rings. The molecular weight excluding hydrogens is 350 g/mol. The van der Waals surface area contributed by atoms with Gasteiger partial charge in [0.1, 0.15) is 5.82 Å².